The first-order chi connectivity index (χ1) is 12.6. The van der Waals surface area contributed by atoms with Gasteiger partial charge >= 0.3 is 0 Å². The van der Waals surface area contributed by atoms with Crippen LogP contribution in [0.4, 0.5) is 0 Å². The molecule has 144 valence electrons. The third-order valence-corrected chi connectivity index (χ3v) is 5.00. The number of nitrogens with one attached hydrogen (secondary N) is 2. The molecule has 1 aromatic carbocycles. The van der Waals surface area contributed by atoms with Gasteiger partial charge in [0.25, 0.3) is 0 Å². The second kappa shape index (κ2) is 8.62. The molecule has 0 radical (unpaired) electrons. The van der Waals surface area contributed by atoms with Gasteiger partial charge in [0.2, 0.25) is 6.79 Å². The summed E-state index contributed by atoms with van der Waals surface area (Å²) in [6.07, 6.45) is 1.92. The highest BCUT2D eigenvalue weighted by atomic mass is 16.7. The van der Waals surface area contributed by atoms with Crippen molar-refractivity contribution in [1.29, 1.82) is 0 Å². The van der Waals surface area contributed by atoms with Crippen LogP contribution in [-0.2, 0) is 10.2 Å². The average molecular weight is 361 g/mol. The van der Waals surface area contributed by atoms with E-state index in [1.807, 2.05) is 6.07 Å². The minimum absolute atomic E-state index is 0.0284. The van der Waals surface area contributed by atoms with Gasteiger partial charge in [-0.15, -0.1) is 0 Å². The Bertz CT molecular complexity index is 625. The van der Waals surface area contributed by atoms with Crippen LogP contribution < -0.4 is 20.1 Å². The van der Waals surface area contributed by atoms with Crippen molar-refractivity contribution in [2.45, 2.75) is 39.0 Å². The van der Waals surface area contributed by atoms with E-state index in [0.717, 1.165) is 63.1 Å². The van der Waals surface area contributed by atoms with Crippen molar-refractivity contribution >= 4 is 5.96 Å². The Morgan fingerprint density at radius 3 is 2.65 bits per heavy atom. The van der Waals surface area contributed by atoms with Crippen molar-refractivity contribution in [3.05, 3.63) is 23.8 Å². The normalized spacial score (nSPS) is 18.8. The van der Waals surface area contributed by atoms with E-state index in [1.54, 1.807) is 0 Å². The molecule has 0 bridgehead atoms. The van der Waals surface area contributed by atoms with Gasteiger partial charge < -0.3 is 24.8 Å². The highest BCUT2D eigenvalue weighted by molar-refractivity contribution is 5.79. The first-order valence-corrected chi connectivity index (χ1v) is 9.63. The molecular formula is C20H31N3O3. The fourth-order valence-electron chi connectivity index (χ4n) is 3.40. The van der Waals surface area contributed by atoms with Crippen LogP contribution in [0.2, 0.25) is 0 Å². The third-order valence-electron chi connectivity index (χ3n) is 5.00. The van der Waals surface area contributed by atoms with Crippen molar-refractivity contribution in [2.24, 2.45) is 10.9 Å². The van der Waals surface area contributed by atoms with Crippen LogP contribution in [0.1, 0.15) is 39.2 Å². The van der Waals surface area contributed by atoms with Crippen molar-refractivity contribution < 1.29 is 14.2 Å². The van der Waals surface area contributed by atoms with Gasteiger partial charge in [0, 0.05) is 31.7 Å². The zero-order chi connectivity index (χ0) is 18.4. The molecule has 0 aliphatic carbocycles. The van der Waals surface area contributed by atoms with Crippen LogP contribution in [0, 0.1) is 5.92 Å². The summed E-state index contributed by atoms with van der Waals surface area (Å²) in [5.74, 6) is 3.12. The Kier molecular flexibility index (Phi) is 6.25. The second-order valence-corrected chi connectivity index (χ2v) is 7.43. The van der Waals surface area contributed by atoms with Gasteiger partial charge in [-0.1, -0.05) is 19.9 Å². The van der Waals surface area contributed by atoms with Crippen LogP contribution in [0.5, 0.6) is 11.5 Å². The molecule has 2 N–H and O–H groups in total. The van der Waals surface area contributed by atoms with E-state index in [1.165, 1.54) is 5.56 Å². The predicted octanol–water partition coefficient (Wildman–Crippen LogP) is 2.67. The van der Waals surface area contributed by atoms with E-state index in [2.05, 4.69) is 43.5 Å². The SMILES string of the molecule is CCNC(=NCC1(c2ccc3c(c2)OCO3)CCOCC1)NCC(C)C. The molecule has 1 fully saturated rings. The quantitative estimate of drug-likeness (QED) is 0.602. The Hall–Kier alpha value is -1.95. The maximum absolute atomic E-state index is 5.64. The summed E-state index contributed by atoms with van der Waals surface area (Å²) in [5.41, 5.74) is 1.23. The predicted molar refractivity (Wildman–Crippen MR) is 103 cm³/mol. The lowest BCUT2D eigenvalue weighted by molar-refractivity contribution is 0.0530. The molecule has 6 heteroatoms. The molecule has 0 saturated carbocycles. The molecule has 1 aromatic rings. The third kappa shape index (κ3) is 4.41. The molecule has 2 heterocycles. The molecule has 2 aliphatic rings. The number of hydrogen-bond acceptors (Lipinski definition) is 4. The molecule has 1 saturated heterocycles. The van der Waals surface area contributed by atoms with E-state index < -0.39 is 0 Å². The fourth-order valence-corrected chi connectivity index (χ4v) is 3.40. The maximum Gasteiger partial charge on any atom is 0.231 e. The number of rotatable bonds is 6. The van der Waals surface area contributed by atoms with Crippen molar-refractivity contribution in [3.8, 4) is 11.5 Å². The van der Waals surface area contributed by atoms with E-state index >= 15 is 0 Å². The fraction of sp³-hybridized carbons (Fsp3) is 0.650. The van der Waals surface area contributed by atoms with Gasteiger partial charge in [0.05, 0.1) is 6.54 Å². The number of aliphatic imine (C=N–C) groups is 1. The van der Waals surface area contributed by atoms with E-state index in [9.17, 15) is 0 Å². The highest BCUT2D eigenvalue weighted by Crippen LogP contribution is 2.41. The van der Waals surface area contributed by atoms with Gasteiger partial charge in [-0.05, 0) is 43.4 Å². The first-order valence-electron chi connectivity index (χ1n) is 9.63. The van der Waals surface area contributed by atoms with Gasteiger partial charge in [-0.2, -0.15) is 0 Å². The van der Waals surface area contributed by atoms with E-state index in [0.29, 0.717) is 12.7 Å². The summed E-state index contributed by atoms with van der Waals surface area (Å²) in [7, 11) is 0. The number of guanidine groups is 1. The molecule has 6 nitrogen and oxygen atoms in total. The minimum Gasteiger partial charge on any atom is -0.454 e. The first kappa shape index (κ1) is 18.8. The summed E-state index contributed by atoms with van der Waals surface area (Å²) in [6.45, 7) is 10.8. The second-order valence-electron chi connectivity index (χ2n) is 7.43. The van der Waals surface area contributed by atoms with Gasteiger partial charge in [0.1, 0.15) is 0 Å². The largest absolute Gasteiger partial charge is 0.454 e. The van der Waals surface area contributed by atoms with Crippen LogP contribution in [0.3, 0.4) is 0 Å². The van der Waals surface area contributed by atoms with E-state index in [-0.39, 0.29) is 5.41 Å². The van der Waals surface area contributed by atoms with Crippen LogP contribution in [0.25, 0.3) is 0 Å². The van der Waals surface area contributed by atoms with Crippen LogP contribution >= 0.6 is 0 Å². The smallest absolute Gasteiger partial charge is 0.231 e. The van der Waals surface area contributed by atoms with Gasteiger partial charge in [-0.25, -0.2) is 0 Å². The maximum atomic E-state index is 5.64. The zero-order valence-corrected chi connectivity index (χ0v) is 16.1. The summed E-state index contributed by atoms with van der Waals surface area (Å²) in [6, 6.07) is 6.29. The summed E-state index contributed by atoms with van der Waals surface area (Å²) in [4.78, 5) is 4.92. The number of fused-ring (bicyclic) bond motifs is 1. The molecule has 0 atom stereocenters. The Labute approximate surface area is 156 Å². The molecule has 26 heavy (non-hydrogen) atoms. The van der Waals surface area contributed by atoms with Crippen molar-refractivity contribution in [2.75, 3.05) is 39.6 Å². The molecule has 0 aromatic heterocycles. The summed E-state index contributed by atoms with van der Waals surface area (Å²) < 4.78 is 16.7. The van der Waals surface area contributed by atoms with Gasteiger partial charge in [-0.3, -0.25) is 4.99 Å². The molecular weight excluding hydrogens is 330 g/mol. The molecule has 2 aliphatic heterocycles. The highest BCUT2D eigenvalue weighted by Gasteiger charge is 2.35. The van der Waals surface area contributed by atoms with Crippen LogP contribution in [-0.4, -0.2) is 45.6 Å². The Morgan fingerprint density at radius 1 is 1.15 bits per heavy atom. The lowest BCUT2D eigenvalue weighted by Crippen LogP contribution is -2.42. The average Bonchev–Trinajstić information content (AvgIpc) is 3.12. The van der Waals surface area contributed by atoms with E-state index in [4.69, 9.17) is 19.2 Å². The zero-order valence-electron chi connectivity index (χ0n) is 16.1. The number of ether oxygens (including phenoxy) is 3. The number of hydrogen-bond donors (Lipinski definition) is 2. The lowest BCUT2D eigenvalue weighted by atomic mass is 9.74. The van der Waals surface area contributed by atoms with Crippen LogP contribution in [0.15, 0.2) is 23.2 Å². The summed E-state index contributed by atoms with van der Waals surface area (Å²) >= 11 is 0. The van der Waals surface area contributed by atoms with Crippen molar-refractivity contribution in [3.63, 3.8) is 0 Å². The van der Waals surface area contributed by atoms with Gasteiger partial charge in [0.15, 0.2) is 17.5 Å². The number of nitrogens with zero attached hydrogens (tertiary/aromatic N) is 1. The molecule has 3 rings (SSSR count). The molecule has 0 unspecified atom stereocenters. The van der Waals surface area contributed by atoms with Crippen molar-refractivity contribution in [1.82, 2.24) is 10.6 Å². The summed E-state index contributed by atoms with van der Waals surface area (Å²) in [5, 5.41) is 6.78. The number of benzene rings is 1. The standard InChI is InChI=1S/C20H31N3O3/c1-4-21-19(22-12-15(2)3)23-13-20(7-9-24-10-8-20)16-5-6-17-18(11-16)26-14-25-17/h5-6,11,15H,4,7-10,12-14H2,1-3H3,(H2,21,22,23). The topological polar surface area (TPSA) is 64.1 Å². The monoisotopic (exact) mass is 361 g/mol. The Morgan fingerprint density at radius 2 is 1.92 bits per heavy atom. The molecule has 0 amide bonds. The Balaban J connectivity index is 1.81. The minimum atomic E-state index is -0.0284. The molecule has 0 spiro atoms. The lowest BCUT2D eigenvalue weighted by Gasteiger charge is -2.36.